The number of hydrogen-bond acceptors (Lipinski definition) is 4. The third-order valence-corrected chi connectivity index (χ3v) is 2.60. The van der Waals surface area contributed by atoms with Crippen molar-refractivity contribution < 1.29 is 24.2 Å². The lowest BCUT2D eigenvalue weighted by Gasteiger charge is -2.14. The van der Waals surface area contributed by atoms with Gasteiger partial charge in [-0.05, 0) is 12.1 Å². The van der Waals surface area contributed by atoms with Crippen LogP contribution in [0.5, 0.6) is 0 Å². The summed E-state index contributed by atoms with van der Waals surface area (Å²) in [5, 5.41) is 13.6. The molecule has 1 aromatic carbocycles. The maximum absolute atomic E-state index is 11.7. The van der Waals surface area contributed by atoms with E-state index in [9.17, 15) is 14.4 Å². The van der Waals surface area contributed by atoms with Crippen LogP contribution >= 0.6 is 0 Å². The van der Waals surface area contributed by atoms with E-state index in [1.165, 1.54) is 6.08 Å². The van der Waals surface area contributed by atoms with Gasteiger partial charge in [0.25, 0.3) is 5.91 Å². The summed E-state index contributed by atoms with van der Waals surface area (Å²) in [6, 6.07) is 7.21. The summed E-state index contributed by atoms with van der Waals surface area (Å²) in [6.07, 6.45) is 1.47. The monoisotopic (exact) mass is 306 g/mol. The number of rotatable bonds is 9. The lowest BCUT2D eigenvalue weighted by molar-refractivity contribution is -0.143. The molecule has 0 aliphatic carbocycles. The third kappa shape index (κ3) is 6.19. The molecule has 0 aliphatic rings. The molecular weight excluding hydrogens is 288 g/mol. The second kappa shape index (κ2) is 9.30. The predicted molar refractivity (Wildman–Crippen MR) is 79.4 cm³/mol. The fourth-order valence-electron chi connectivity index (χ4n) is 1.54. The van der Waals surface area contributed by atoms with Crippen molar-refractivity contribution in [1.82, 2.24) is 10.6 Å². The molecule has 0 saturated heterocycles. The van der Waals surface area contributed by atoms with Crippen molar-refractivity contribution in [2.45, 2.75) is 6.04 Å². The molecule has 3 N–H and O–H groups in total. The Balaban J connectivity index is 2.41. The van der Waals surface area contributed by atoms with Gasteiger partial charge in [-0.25, -0.2) is 4.79 Å². The van der Waals surface area contributed by atoms with Crippen LogP contribution in [0.25, 0.3) is 0 Å². The Bertz CT molecular complexity index is 530. The van der Waals surface area contributed by atoms with Gasteiger partial charge in [0.1, 0.15) is 0 Å². The van der Waals surface area contributed by atoms with Crippen molar-refractivity contribution >= 4 is 17.8 Å². The highest BCUT2D eigenvalue weighted by molar-refractivity contribution is 5.96. The molecule has 0 aromatic heterocycles. The lowest BCUT2D eigenvalue weighted by atomic mass is 10.2. The van der Waals surface area contributed by atoms with Gasteiger partial charge in [0, 0.05) is 5.56 Å². The van der Waals surface area contributed by atoms with Gasteiger partial charge >= 0.3 is 5.97 Å². The minimum Gasteiger partial charge on any atom is -0.480 e. The van der Waals surface area contributed by atoms with Crippen LogP contribution in [0.3, 0.4) is 0 Å². The standard InChI is InChI=1S/C15H18N2O5/c1-2-8-22-10-12(15(20)21)17-13(18)9-16-14(19)11-6-4-3-5-7-11/h2-7,12H,1,8-10H2,(H,16,19)(H,17,18)(H,20,21). The number of carbonyl (C=O) groups excluding carboxylic acids is 2. The first-order chi connectivity index (χ1) is 10.5. The molecule has 1 aromatic rings. The second-order valence-corrected chi connectivity index (χ2v) is 4.33. The third-order valence-electron chi connectivity index (χ3n) is 2.60. The Hall–Kier alpha value is -2.67. The van der Waals surface area contributed by atoms with Gasteiger partial charge in [0.2, 0.25) is 5.91 Å². The predicted octanol–water partition coefficient (Wildman–Crippen LogP) is 0.188. The normalized spacial score (nSPS) is 11.3. The van der Waals surface area contributed by atoms with Gasteiger partial charge < -0.3 is 20.5 Å². The zero-order valence-electron chi connectivity index (χ0n) is 12.0. The van der Waals surface area contributed by atoms with Crippen LogP contribution in [-0.2, 0) is 14.3 Å². The van der Waals surface area contributed by atoms with E-state index in [0.717, 1.165) is 0 Å². The van der Waals surface area contributed by atoms with E-state index in [1.807, 2.05) is 0 Å². The van der Waals surface area contributed by atoms with Crippen LogP contribution in [0.4, 0.5) is 0 Å². The van der Waals surface area contributed by atoms with E-state index in [-0.39, 0.29) is 19.8 Å². The number of nitrogens with one attached hydrogen (secondary N) is 2. The summed E-state index contributed by atoms with van der Waals surface area (Å²) in [5.41, 5.74) is 0.416. The minimum atomic E-state index is -1.22. The molecule has 0 radical (unpaired) electrons. The van der Waals surface area contributed by atoms with Crippen molar-refractivity contribution in [2.24, 2.45) is 0 Å². The number of aliphatic carboxylic acids is 1. The number of carboxylic acids is 1. The quantitative estimate of drug-likeness (QED) is 0.446. The van der Waals surface area contributed by atoms with Crippen LogP contribution in [0.2, 0.25) is 0 Å². The van der Waals surface area contributed by atoms with Crippen molar-refractivity contribution in [3.63, 3.8) is 0 Å². The van der Waals surface area contributed by atoms with Crippen LogP contribution in [0, 0.1) is 0 Å². The molecule has 1 unspecified atom stereocenters. The maximum Gasteiger partial charge on any atom is 0.328 e. The highest BCUT2D eigenvalue weighted by Crippen LogP contribution is 1.97. The fourth-order valence-corrected chi connectivity index (χ4v) is 1.54. The molecule has 0 saturated carbocycles. The number of ether oxygens (including phenoxy) is 1. The highest BCUT2D eigenvalue weighted by atomic mass is 16.5. The molecule has 0 heterocycles. The van der Waals surface area contributed by atoms with Crippen LogP contribution in [-0.4, -0.2) is 48.7 Å². The summed E-state index contributed by atoms with van der Waals surface area (Å²) >= 11 is 0. The Labute approximate surface area is 128 Å². The van der Waals surface area contributed by atoms with Crippen molar-refractivity contribution in [3.8, 4) is 0 Å². The molecule has 7 heteroatoms. The Morgan fingerprint density at radius 2 is 1.95 bits per heavy atom. The topological polar surface area (TPSA) is 105 Å². The molecule has 22 heavy (non-hydrogen) atoms. The molecule has 7 nitrogen and oxygen atoms in total. The van der Waals surface area contributed by atoms with Gasteiger partial charge in [-0.3, -0.25) is 9.59 Å². The van der Waals surface area contributed by atoms with Gasteiger partial charge in [0.05, 0.1) is 19.8 Å². The van der Waals surface area contributed by atoms with E-state index < -0.39 is 23.8 Å². The molecular formula is C15H18N2O5. The Morgan fingerprint density at radius 3 is 2.55 bits per heavy atom. The second-order valence-electron chi connectivity index (χ2n) is 4.33. The summed E-state index contributed by atoms with van der Waals surface area (Å²) in [5.74, 6) is -2.24. The average Bonchev–Trinajstić information content (AvgIpc) is 2.52. The number of carboxylic acid groups (broad SMARTS) is 1. The molecule has 1 rings (SSSR count). The molecule has 0 aliphatic heterocycles. The maximum atomic E-state index is 11.7. The summed E-state index contributed by atoms with van der Waals surface area (Å²) in [6.45, 7) is 3.12. The zero-order chi connectivity index (χ0) is 16.4. The van der Waals surface area contributed by atoms with E-state index in [1.54, 1.807) is 30.3 Å². The van der Waals surface area contributed by atoms with Gasteiger partial charge in [-0.15, -0.1) is 6.58 Å². The lowest BCUT2D eigenvalue weighted by Crippen LogP contribution is -2.47. The summed E-state index contributed by atoms with van der Waals surface area (Å²) in [7, 11) is 0. The zero-order valence-corrected chi connectivity index (χ0v) is 12.0. The minimum absolute atomic E-state index is 0.181. The summed E-state index contributed by atoms with van der Waals surface area (Å²) < 4.78 is 5.00. The van der Waals surface area contributed by atoms with Crippen LogP contribution in [0.15, 0.2) is 43.0 Å². The molecule has 0 fully saturated rings. The van der Waals surface area contributed by atoms with Crippen LogP contribution in [0.1, 0.15) is 10.4 Å². The van der Waals surface area contributed by atoms with E-state index in [4.69, 9.17) is 9.84 Å². The molecule has 0 bridgehead atoms. The smallest absolute Gasteiger partial charge is 0.328 e. The van der Waals surface area contributed by atoms with Crippen LogP contribution < -0.4 is 10.6 Å². The number of amides is 2. The molecule has 1 atom stereocenters. The number of carbonyl (C=O) groups is 3. The molecule has 118 valence electrons. The Morgan fingerprint density at radius 1 is 1.27 bits per heavy atom. The van der Waals surface area contributed by atoms with Crippen molar-refractivity contribution in [1.29, 1.82) is 0 Å². The van der Waals surface area contributed by atoms with Gasteiger partial charge in [0.15, 0.2) is 6.04 Å². The van der Waals surface area contributed by atoms with Crippen molar-refractivity contribution in [2.75, 3.05) is 19.8 Å². The van der Waals surface area contributed by atoms with Crippen molar-refractivity contribution in [3.05, 3.63) is 48.6 Å². The van der Waals surface area contributed by atoms with E-state index >= 15 is 0 Å². The van der Waals surface area contributed by atoms with E-state index in [2.05, 4.69) is 17.2 Å². The van der Waals surface area contributed by atoms with Gasteiger partial charge in [-0.1, -0.05) is 24.3 Å². The SMILES string of the molecule is C=CCOCC(NC(=O)CNC(=O)c1ccccc1)C(=O)O. The first-order valence-corrected chi connectivity index (χ1v) is 6.58. The first-order valence-electron chi connectivity index (χ1n) is 6.58. The van der Waals surface area contributed by atoms with E-state index in [0.29, 0.717) is 5.56 Å². The first kappa shape index (κ1) is 17.4. The average molecular weight is 306 g/mol. The molecule has 0 spiro atoms. The fraction of sp³-hybridized carbons (Fsp3) is 0.267. The number of benzene rings is 1. The van der Waals surface area contributed by atoms with Gasteiger partial charge in [-0.2, -0.15) is 0 Å². The molecule has 2 amide bonds. The highest BCUT2D eigenvalue weighted by Gasteiger charge is 2.20. The number of hydrogen-bond donors (Lipinski definition) is 3. The summed E-state index contributed by atoms with van der Waals surface area (Å²) in [4.78, 5) is 34.4. The largest absolute Gasteiger partial charge is 0.480 e. The Kier molecular flexibility index (Phi) is 7.35.